The van der Waals surface area contributed by atoms with Crippen LogP contribution < -0.4 is 4.74 Å². The highest BCUT2D eigenvalue weighted by atomic mass is 16.6. The van der Waals surface area contributed by atoms with Gasteiger partial charge >= 0.3 is 12.1 Å². The first-order chi connectivity index (χ1) is 13.5. The fourth-order valence-electron chi connectivity index (χ4n) is 4.77. The number of likely N-dealkylation sites (tertiary alicyclic amines) is 1. The molecule has 0 spiro atoms. The molecule has 0 bridgehead atoms. The summed E-state index contributed by atoms with van der Waals surface area (Å²) < 4.78 is 18.3. The average molecular weight is 403 g/mol. The van der Waals surface area contributed by atoms with Crippen LogP contribution in [0.2, 0.25) is 0 Å². The lowest BCUT2D eigenvalue weighted by atomic mass is 9.73. The van der Waals surface area contributed by atoms with Gasteiger partial charge in [-0.05, 0) is 65.7 Å². The summed E-state index contributed by atoms with van der Waals surface area (Å²) in [7, 11) is 0. The monoisotopic (exact) mass is 403 g/mol. The average Bonchev–Trinajstić information content (AvgIpc) is 3.01. The Morgan fingerprint density at radius 2 is 2.00 bits per heavy atom. The largest absolute Gasteiger partial charge is 0.487 e. The van der Waals surface area contributed by atoms with Gasteiger partial charge in [0.05, 0.1) is 23.8 Å². The molecule has 7 nitrogen and oxygen atoms in total. The van der Waals surface area contributed by atoms with E-state index in [1.165, 1.54) is 0 Å². The van der Waals surface area contributed by atoms with E-state index in [1.807, 2.05) is 34.6 Å². The van der Waals surface area contributed by atoms with Crippen molar-refractivity contribution >= 4 is 12.1 Å². The van der Waals surface area contributed by atoms with Gasteiger partial charge in [-0.1, -0.05) is 0 Å². The number of benzene rings is 1. The molecule has 2 fully saturated rings. The fraction of sp³-hybridized carbons (Fsp3) is 0.636. The van der Waals surface area contributed by atoms with Gasteiger partial charge < -0.3 is 24.2 Å². The molecule has 7 heteroatoms. The highest BCUT2D eigenvalue weighted by molar-refractivity contribution is 5.88. The van der Waals surface area contributed by atoms with Gasteiger partial charge in [-0.15, -0.1) is 0 Å². The molecular formula is C22H29NO6. The van der Waals surface area contributed by atoms with Crippen LogP contribution in [0.1, 0.15) is 69.5 Å². The van der Waals surface area contributed by atoms with Crippen LogP contribution in [0.5, 0.6) is 5.75 Å². The third-order valence-electron chi connectivity index (χ3n) is 6.12. The van der Waals surface area contributed by atoms with Crippen LogP contribution in [-0.2, 0) is 9.47 Å². The van der Waals surface area contributed by atoms with E-state index in [1.54, 1.807) is 23.1 Å². The standard InChI is InChI=1S/C22H29NO6/c1-21(2,3)29-20(26)23-9-8-17-15(23)11-14-18(27-17)13-10-12(19(24)25)6-7-16(13)28-22(14,4)5/h6-7,10,14-15,17-18H,8-9,11H2,1-5H3,(H,24,25)/t14-,15+,17-,18+/m0/s1. The number of rotatable bonds is 1. The van der Waals surface area contributed by atoms with Crippen molar-refractivity contribution in [1.29, 1.82) is 0 Å². The Labute approximate surface area is 170 Å². The van der Waals surface area contributed by atoms with Gasteiger partial charge in [0, 0.05) is 18.0 Å². The number of carbonyl (C=O) groups excluding carboxylic acids is 1. The molecule has 0 unspecified atom stereocenters. The maximum absolute atomic E-state index is 12.7. The third-order valence-corrected chi connectivity index (χ3v) is 6.12. The zero-order valence-corrected chi connectivity index (χ0v) is 17.6. The molecule has 3 aliphatic heterocycles. The lowest BCUT2D eigenvalue weighted by Crippen LogP contribution is -2.55. The Morgan fingerprint density at radius 1 is 1.28 bits per heavy atom. The molecule has 29 heavy (non-hydrogen) atoms. The van der Waals surface area contributed by atoms with Crippen molar-refractivity contribution in [2.45, 2.75) is 76.9 Å². The van der Waals surface area contributed by atoms with Crippen LogP contribution in [0.4, 0.5) is 4.79 Å². The molecular weight excluding hydrogens is 374 g/mol. The van der Waals surface area contributed by atoms with Crippen LogP contribution in [0, 0.1) is 5.92 Å². The molecule has 1 N–H and O–H groups in total. The molecule has 0 saturated carbocycles. The number of ether oxygens (including phenoxy) is 3. The third kappa shape index (κ3) is 3.56. The number of hydrogen-bond donors (Lipinski definition) is 1. The van der Waals surface area contributed by atoms with E-state index in [2.05, 4.69) is 0 Å². The molecule has 4 rings (SSSR count). The van der Waals surface area contributed by atoms with E-state index in [-0.39, 0.29) is 35.8 Å². The summed E-state index contributed by atoms with van der Waals surface area (Å²) >= 11 is 0. The van der Waals surface area contributed by atoms with Gasteiger partial charge in [-0.2, -0.15) is 0 Å². The Bertz CT molecular complexity index is 842. The molecule has 3 aliphatic rings. The molecule has 2 saturated heterocycles. The van der Waals surface area contributed by atoms with E-state index >= 15 is 0 Å². The lowest BCUT2D eigenvalue weighted by Gasteiger charge is -2.50. The van der Waals surface area contributed by atoms with Crippen molar-refractivity contribution in [3.05, 3.63) is 29.3 Å². The molecule has 1 amide bonds. The molecule has 0 aromatic heterocycles. The maximum Gasteiger partial charge on any atom is 0.410 e. The van der Waals surface area contributed by atoms with Crippen LogP contribution in [0.25, 0.3) is 0 Å². The van der Waals surface area contributed by atoms with Crippen LogP contribution in [-0.4, -0.2) is 52.0 Å². The second kappa shape index (κ2) is 6.62. The number of aromatic carboxylic acids is 1. The molecule has 1 aromatic rings. The summed E-state index contributed by atoms with van der Waals surface area (Å²) in [5.74, 6) is -0.315. The first-order valence-electron chi connectivity index (χ1n) is 10.2. The summed E-state index contributed by atoms with van der Waals surface area (Å²) in [4.78, 5) is 25.9. The summed E-state index contributed by atoms with van der Waals surface area (Å²) in [5, 5.41) is 9.38. The molecule has 4 atom stereocenters. The van der Waals surface area contributed by atoms with E-state index in [4.69, 9.17) is 14.2 Å². The van der Waals surface area contributed by atoms with Gasteiger partial charge in [0.25, 0.3) is 0 Å². The van der Waals surface area contributed by atoms with E-state index in [0.29, 0.717) is 12.3 Å². The second-order valence-electron chi connectivity index (χ2n) is 9.73. The number of carboxylic acids is 1. The topological polar surface area (TPSA) is 85.3 Å². The minimum Gasteiger partial charge on any atom is -0.487 e. The normalized spacial score (nSPS) is 29.9. The Balaban J connectivity index is 1.63. The SMILES string of the molecule is CC(C)(C)OC(=O)N1CC[C@@H]2O[C@@H]3c4cc(C(=O)O)ccc4OC(C)(C)[C@H]3C[C@H]21. The summed E-state index contributed by atoms with van der Waals surface area (Å²) in [5.41, 5.74) is -0.0518. The van der Waals surface area contributed by atoms with E-state index in [0.717, 1.165) is 18.4 Å². The van der Waals surface area contributed by atoms with Crippen molar-refractivity contribution < 1.29 is 28.9 Å². The van der Waals surface area contributed by atoms with Crippen molar-refractivity contribution in [3.63, 3.8) is 0 Å². The van der Waals surface area contributed by atoms with Crippen molar-refractivity contribution in [2.24, 2.45) is 5.92 Å². The Hall–Kier alpha value is -2.28. The zero-order valence-electron chi connectivity index (χ0n) is 17.6. The summed E-state index contributed by atoms with van der Waals surface area (Å²) in [6.45, 7) is 10.2. The van der Waals surface area contributed by atoms with E-state index in [9.17, 15) is 14.7 Å². The first-order valence-corrected chi connectivity index (χ1v) is 10.2. The van der Waals surface area contributed by atoms with Gasteiger partial charge in [-0.3, -0.25) is 0 Å². The predicted molar refractivity (Wildman–Crippen MR) is 105 cm³/mol. The quantitative estimate of drug-likeness (QED) is 0.763. The van der Waals surface area contributed by atoms with Crippen LogP contribution in [0.15, 0.2) is 18.2 Å². The smallest absolute Gasteiger partial charge is 0.410 e. The number of amides is 1. The number of carbonyl (C=O) groups is 2. The van der Waals surface area contributed by atoms with Gasteiger partial charge in [0.2, 0.25) is 0 Å². The fourth-order valence-corrected chi connectivity index (χ4v) is 4.77. The second-order valence-corrected chi connectivity index (χ2v) is 9.73. The summed E-state index contributed by atoms with van der Waals surface area (Å²) in [6, 6.07) is 4.86. The van der Waals surface area contributed by atoms with Crippen molar-refractivity contribution in [3.8, 4) is 5.75 Å². The Morgan fingerprint density at radius 3 is 2.66 bits per heavy atom. The van der Waals surface area contributed by atoms with E-state index < -0.39 is 17.2 Å². The predicted octanol–water partition coefficient (Wildman–Crippen LogP) is 4.01. The van der Waals surface area contributed by atoms with Gasteiger partial charge in [-0.25, -0.2) is 9.59 Å². The molecule has 3 heterocycles. The first kappa shape index (κ1) is 20.0. The summed E-state index contributed by atoms with van der Waals surface area (Å²) in [6.07, 6.45) is 0.794. The number of fused-ring (bicyclic) bond motifs is 4. The molecule has 0 aliphatic carbocycles. The maximum atomic E-state index is 12.7. The highest BCUT2D eigenvalue weighted by Gasteiger charge is 2.54. The lowest BCUT2D eigenvalue weighted by molar-refractivity contribution is -0.161. The molecule has 1 aromatic carbocycles. The van der Waals surface area contributed by atoms with Gasteiger partial charge in [0.15, 0.2) is 0 Å². The Kier molecular flexibility index (Phi) is 4.57. The number of carboxylic acid groups (broad SMARTS) is 1. The number of nitrogens with zero attached hydrogens (tertiary/aromatic N) is 1. The molecule has 158 valence electrons. The van der Waals surface area contributed by atoms with Gasteiger partial charge in [0.1, 0.15) is 17.0 Å². The zero-order chi connectivity index (χ0) is 21.1. The van der Waals surface area contributed by atoms with Crippen molar-refractivity contribution in [2.75, 3.05) is 6.54 Å². The minimum absolute atomic E-state index is 0.0108. The minimum atomic E-state index is -0.972. The highest BCUT2D eigenvalue weighted by Crippen LogP contribution is 2.52. The van der Waals surface area contributed by atoms with Crippen molar-refractivity contribution in [1.82, 2.24) is 4.90 Å². The molecule has 0 radical (unpaired) electrons. The van der Waals surface area contributed by atoms with Crippen LogP contribution >= 0.6 is 0 Å². The number of hydrogen-bond acceptors (Lipinski definition) is 5. The van der Waals surface area contributed by atoms with Crippen LogP contribution in [0.3, 0.4) is 0 Å².